The highest BCUT2D eigenvalue weighted by molar-refractivity contribution is 7.66. The Morgan fingerprint density at radius 1 is 1.09 bits per heavy atom. The molecule has 2 heterocycles. The summed E-state index contributed by atoms with van der Waals surface area (Å²) in [6, 6.07) is 0. The first-order chi connectivity index (χ1) is 15.4. The largest absolute Gasteiger partial charge is 0.490 e. The molecule has 1 fully saturated rings. The molecule has 0 amide bonds. The highest BCUT2D eigenvalue weighted by Gasteiger charge is 2.46. The maximum Gasteiger partial charge on any atom is 0.490 e. The Labute approximate surface area is 187 Å². The van der Waals surface area contributed by atoms with Crippen molar-refractivity contribution in [2.45, 2.75) is 31.0 Å². The van der Waals surface area contributed by atoms with Gasteiger partial charge in [-0.05, 0) is 0 Å². The standard InChI is InChI=1S/C12H19N2O17P3/c1-27-7(15)2-5-3-14(12(19)13-10(5)18)11-9(17)8(16)6(29-11)4-28-33(23,24)31-34(25,26)30-32(20,21)22/h3,6,8-9,11,16-17H,2,4H2,1H3,(H,23,24)(H,25,26)(H,13,18,19)(H2,20,21,22)/t6-,8?,9?,11-/m1/s1. The van der Waals surface area contributed by atoms with Crippen molar-refractivity contribution in [2.75, 3.05) is 13.7 Å². The fourth-order valence-corrected chi connectivity index (χ4v) is 5.67. The summed E-state index contributed by atoms with van der Waals surface area (Å²) in [4.78, 5) is 72.8. The lowest BCUT2D eigenvalue weighted by atomic mass is 10.1. The van der Waals surface area contributed by atoms with Crippen LogP contribution in [0.3, 0.4) is 0 Å². The van der Waals surface area contributed by atoms with E-state index in [1.807, 2.05) is 4.98 Å². The number of phosphoric acid groups is 3. The quantitative estimate of drug-likeness (QED) is 0.113. The lowest BCUT2D eigenvalue weighted by Gasteiger charge is -2.19. The molecular weight excluding hydrogens is 537 g/mol. The van der Waals surface area contributed by atoms with Gasteiger partial charge in [-0.2, -0.15) is 8.62 Å². The van der Waals surface area contributed by atoms with Gasteiger partial charge >= 0.3 is 35.1 Å². The number of carbonyl (C=O) groups is 1. The number of methoxy groups -OCH3 is 1. The number of nitrogens with zero attached hydrogens (tertiary/aromatic N) is 1. The summed E-state index contributed by atoms with van der Waals surface area (Å²) in [6.45, 7) is -1.12. The number of aromatic amines is 1. The van der Waals surface area contributed by atoms with Gasteiger partial charge in [0.25, 0.3) is 5.56 Å². The molecule has 1 aromatic heterocycles. The van der Waals surface area contributed by atoms with Crippen LogP contribution in [0.1, 0.15) is 11.8 Å². The predicted molar refractivity (Wildman–Crippen MR) is 103 cm³/mol. The van der Waals surface area contributed by atoms with Crippen molar-refractivity contribution in [3.63, 3.8) is 0 Å². The second kappa shape index (κ2) is 10.6. The van der Waals surface area contributed by atoms with Crippen LogP contribution in [0.4, 0.5) is 0 Å². The van der Waals surface area contributed by atoms with Gasteiger partial charge in [0, 0.05) is 11.8 Å². The average molecular weight is 556 g/mol. The molecule has 7 N–H and O–H groups in total. The van der Waals surface area contributed by atoms with Crippen molar-refractivity contribution in [2.24, 2.45) is 0 Å². The van der Waals surface area contributed by atoms with Crippen molar-refractivity contribution in [1.82, 2.24) is 9.55 Å². The highest BCUT2D eigenvalue weighted by Crippen LogP contribution is 2.66. The fraction of sp³-hybridized carbons (Fsp3) is 0.583. The third-order valence-electron chi connectivity index (χ3n) is 4.03. The molecule has 19 nitrogen and oxygen atoms in total. The molecule has 2 rings (SSSR count). The summed E-state index contributed by atoms with van der Waals surface area (Å²) in [5, 5.41) is 20.3. The average Bonchev–Trinajstić information content (AvgIpc) is 2.94. The highest BCUT2D eigenvalue weighted by atomic mass is 31.3. The fourth-order valence-electron chi connectivity index (χ4n) is 2.64. The van der Waals surface area contributed by atoms with Gasteiger partial charge in [-0.15, -0.1) is 0 Å². The number of carbonyl (C=O) groups excluding carboxylic acids is 1. The van der Waals surface area contributed by atoms with Gasteiger partial charge in [-0.1, -0.05) is 0 Å². The van der Waals surface area contributed by atoms with Crippen LogP contribution in [0, 0.1) is 0 Å². The number of H-pyrrole nitrogens is 1. The first kappa shape index (κ1) is 28.7. The number of phosphoric ester groups is 1. The summed E-state index contributed by atoms with van der Waals surface area (Å²) in [5.41, 5.74) is -2.33. The SMILES string of the molecule is COC(=O)Cc1cn([C@@H]2O[C@H](COP(=O)(O)OP(=O)(O)OP(=O)(O)O)C(O)C2O)c(=O)[nH]c1=O. The van der Waals surface area contributed by atoms with E-state index in [0.717, 1.165) is 13.3 Å². The van der Waals surface area contributed by atoms with Gasteiger partial charge in [-0.3, -0.25) is 23.7 Å². The lowest BCUT2D eigenvalue weighted by molar-refractivity contribution is -0.139. The molecule has 1 aliphatic heterocycles. The molecule has 0 saturated carbocycles. The van der Waals surface area contributed by atoms with E-state index in [9.17, 15) is 43.2 Å². The van der Waals surface area contributed by atoms with Crippen molar-refractivity contribution in [1.29, 1.82) is 0 Å². The first-order valence-electron chi connectivity index (χ1n) is 8.66. The number of ether oxygens (including phenoxy) is 2. The Kier molecular flexibility index (Phi) is 8.93. The number of rotatable bonds is 10. The van der Waals surface area contributed by atoms with E-state index >= 15 is 0 Å². The van der Waals surface area contributed by atoms with Crippen LogP contribution in [-0.4, -0.2) is 77.3 Å². The Morgan fingerprint density at radius 2 is 1.71 bits per heavy atom. The second-order valence-electron chi connectivity index (χ2n) is 6.51. The van der Waals surface area contributed by atoms with E-state index in [1.165, 1.54) is 0 Å². The zero-order valence-corrected chi connectivity index (χ0v) is 19.4. The van der Waals surface area contributed by atoms with Crippen LogP contribution < -0.4 is 11.2 Å². The van der Waals surface area contributed by atoms with Crippen molar-refractivity contribution in [3.05, 3.63) is 32.6 Å². The summed E-state index contributed by atoms with van der Waals surface area (Å²) in [5.74, 6) is -0.836. The number of aromatic nitrogens is 2. The molecule has 0 radical (unpaired) electrons. The number of aliphatic hydroxyl groups excluding tert-OH is 2. The number of nitrogens with one attached hydrogen (secondary N) is 1. The molecule has 1 saturated heterocycles. The van der Waals surface area contributed by atoms with Gasteiger partial charge in [0.15, 0.2) is 6.23 Å². The van der Waals surface area contributed by atoms with Gasteiger partial charge in [0.05, 0.1) is 20.1 Å². The van der Waals surface area contributed by atoms with E-state index in [0.29, 0.717) is 4.57 Å². The van der Waals surface area contributed by atoms with Gasteiger partial charge in [-0.25, -0.2) is 18.5 Å². The Morgan fingerprint density at radius 3 is 2.26 bits per heavy atom. The molecule has 0 aromatic carbocycles. The van der Waals surface area contributed by atoms with E-state index < -0.39 is 78.3 Å². The van der Waals surface area contributed by atoms with E-state index in [2.05, 4.69) is 17.9 Å². The minimum atomic E-state index is -5.79. The van der Waals surface area contributed by atoms with Crippen LogP contribution in [0.25, 0.3) is 0 Å². The molecular formula is C12H19N2O17P3. The van der Waals surface area contributed by atoms with Crippen LogP contribution in [0.15, 0.2) is 15.8 Å². The Hall–Kier alpha value is -1.56. The second-order valence-corrected chi connectivity index (χ2v) is 10.9. The third-order valence-corrected chi connectivity index (χ3v) is 7.84. The van der Waals surface area contributed by atoms with Crippen LogP contribution in [0.2, 0.25) is 0 Å². The van der Waals surface area contributed by atoms with Crippen LogP contribution in [0.5, 0.6) is 0 Å². The van der Waals surface area contributed by atoms with E-state index in [4.69, 9.17) is 19.4 Å². The monoisotopic (exact) mass is 556 g/mol. The smallest absolute Gasteiger partial charge is 0.469 e. The maximum atomic E-state index is 12.1. The number of aliphatic hydroxyl groups is 2. The van der Waals surface area contributed by atoms with Gasteiger partial charge in [0.1, 0.15) is 18.3 Å². The molecule has 34 heavy (non-hydrogen) atoms. The molecule has 4 unspecified atom stereocenters. The van der Waals surface area contributed by atoms with Gasteiger partial charge in [0.2, 0.25) is 0 Å². The van der Waals surface area contributed by atoms with Crippen molar-refractivity contribution >= 4 is 29.4 Å². The molecule has 1 aliphatic rings. The third kappa shape index (κ3) is 7.73. The zero-order valence-electron chi connectivity index (χ0n) is 16.8. The van der Waals surface area contributed by atoms with Crippen LogP contribution in [-0.2, 0) is 47.5 Å². The predicted octanol–water partition coefficient (Wildman–Crippen LogP) is -2.79. The van der Waals surface area contributed by atoms with E-state index in [1.54, 1.807) is 0 Å². The van der Waals surface area contributed by atoms with Crippen molar-refractivity contribution < 1.29 is 70.9 Å². The summed E-state index contributed by atoms with van der Waals surface area (Å²) < 4.78 is 55.3. The molecule has 22 heteroatoms. The molecule has 6 atom stereocenters. The molecule has 0 aliphatic carbocycles. The van der Waals surface area contributed by atoms with E-state index in [-0.39, 0.29) is 5.56 Å². The topological polar surface area (TPSA) is 291 Å². The number of hydrogen-bond donors (Lipinski definition) is 7. The van der Waals surface area contributed by atoms with Crippen molar-refractivity contribution in [3.8, 4) is 0 Å². The summed E-state index contributed by atoms with van der Waals surface area (Å²) in [6.07, 6.45) is -6.86. The summed E-state index contributed by atoms with van der Waals surface area (Å²) >= 11 is 0. The minimum absolute atomic E-state index is 0.270. The Bertz CT molecular complexity index is 1170. The van der Waals surface area contributed by atoms with Crippen LogP contribution >= 0.6 is 23.5 Å². The molecule has 0 bridgehead atoms. The number of hydrogen-bond acceptors (Lipinski definition) is 13. The maximum absolute atomic E-state index is 12.1. The zero-order chi connectivity index (χ0) is 26.1. The lowest BCUT2D eigenvalue weighted by Crippen LogP contribution is -2.39. The van der Waals surface area contributed by atoms with Gasteiger partial charge < -0.3 is 39.3 Å². The first-order valence-corrected chi connectivity index (χ1v) is 13.2. The summed E-state index contributed by atoms with van der Waals surface area (Å²) in [7, 11) is -15.9. The molecule has 0 spiro atoms. The normalized spacial score (nSPS) is 26.6. The minimum Gasteiger partial charge on any atom is -0.469 e. The Balaban J connectivity index is 2.16. The molecule has 1 aromatic rings. The molecule has 194 valence electrons. The number of esters is 1.